The van der Waals surface area contributed by atoms with Crippen molar-refractivity contribution in [1.29, 1.82) is 0 Å². The van der Waals surface area contributed by atoms with E-state index >= 15 is 0 Å². The van der Waals surface area contributed by atoms with E-state index in [1.165, 1.54) is 0 Å². The molecule has 90 valence electrons. The summed E-state index contributed by atoms with van der Waals surface area (Å²) in [6, 6.07) is 0. The SMILES string of the molecule is Cc1nn(C)c(N2CC(O)C(O)C2)c1CN. The number of nitrogens with two attached hydrogens (primary N) is 1. The van der Waals surface area contributed by atoms with Crippen LogP contribution < -0.4 is 10.6 Å². The van der Waals surface area contributed by atoms with Gasteiger partial charge >= 0.3 is 0 Å². The fraction of sp³-hybridized carbons (Fsp3) is 0.700. The van der Waals surface area contributed by atoms with Crippen LogP contribution in [0.3, 0.4) is 0 Å². The first-order valence-electron chi connectivity index (χ1n) is 5.38. The van der Waals surface area contributed by atoms with E-state index in [4.69, 9.17) is 5.73 Å². The molecule has 1 fully saturated rings. The van der Waals surface area contributed by atoms with Gasteiger partial charge in [-0.1, -0.05) is 0 Å². The normalized spacial score (nSPS) is 25.4. The second kappa shape index (κ2) is 4.04. The number of β-amino-alcohol motifs (C(OH)–C–C–N with tert-alkyl or cyclic N) is 2. The number of aliphatic hydroxyl groups is 2. The first kappa shape index (κ1) is 11.4. The van der Waals surface area contributed by atoms with Crippen LogP contribution in [0.2, 0.25) is 0 Å². The molecule has 2 atom stereocenters. The van der Waals surface area contributed by atoms with Gasteiger partial charge in [-0.15, -0.1) is 0 Å². The standard InChI is InChI=1S/C10H18N4O2/c1-6-7(3-11)10(13(2)12-6)14-4-8(15)9(16)5-14/h8-9,15-16H,3-5,11H2,1-2H3. The number of aliphatic hydroxyl groups excluding tert-OH is 2. The zero-order valence-corrected chi connectivity index (χ0v) is 9.59. The predicted molar refractivity (Wildman–Crippen MR) is 60.1 cm³/mol. The van der Waals surface area contributed by atoms with E-state index in [2.05, 4.69) is 5.10 Å². The third-order valence-electron chi connectivity index (χ3n) is 3.08. The lowest BCUT2D eigenvalue weighted by atomic mass is 10.2. The van der Waals surface area contributed by atoms with Crippen molar-refractivity contribution in [3.05, 3.63) is 11.3 Å². The first-order chi connectivity index (χ1) is 7.54. The highest BCUT2D eigenvalue weighted by atomic mass is 16.3. The Morgan fingerprint density at radius 1 is 1.38 bits per heavy atom. The third kappa shape index (κ3) is 1.68. The van der Waals surface area contributed by atoms with Crippen molar-refractivity contribution in [2.75, 3.05) is 18.0 Å². The van der Waals surface area contributed by atoms with Gasteiger partial charge in [0.1, 0.15) is 5.82 Å². The van der Waals surface area contributed by atoms with Crippen LogP contribution in [-0.2, 0) is 13.6 Å². The maximum absolute atomic E-state index is 9.54. The molecule has 0 spiro atoms. The average Bonchev–Trinajstić information content (AvgIpc) is 2.67. The number of hydrogen-bond donors (Lipinski definition) is 3. The van der Waals surface area contributed by atoms with Crippen molar-refractivity contribution >= 4 is 5.82 Å². The highest BCUT2D eigenvalue weighted by Gasteiger charge is 2.32. The summed E-state index contributed by atoms with van der Waals surface area (Å²) in [4.78, 5) is 1.93. The zero-order valence-electron chi connectivity index (χ0n) is 9.59. The van der Waals surface area contributed by atoms with Gasteiger partial charge < -0.3 is 20.8 Å². The molecular formula is C10H18N4O2. The number of aryl methyl sites for hydroxylation is 2. The van der Waals surface area contributed by atoms with Crippen molar-refractivity contribution in [1.82, 2.24) is 9.78 Å². The molecule has 2 rings (SSSR count). The summed E-state index contributed by atoms with van der Waals surface area (Å²) in [5, 5.41) is 23.4. The smallest absolute Gasteiger partial charge is 0.131 e. The summed E-state index contributed by atoms with van der Waals surface area (Å²) in [5.41, 5.74) is 7.57. The van der Waals surface area contributed by atoms with Gasteiger partial charge in [0, 0.05) is 32.2 Å². The molecule has 0 saturated carbocycles. The molecule has 2 heterocycles. The van der Waals surface area contributed by atoms with Gasteiger partial charge in [-0.25, -0.2) is 0 Å². The van der Waals surface area contributed by atoms with Crippen LogP contribution in [-0.4, -0.2) is 45.3 Å². The Kier molecular flexibility index (Phi) is 2.88. The lowest BCUT2D eigenvalue weighted by Gasteiger charge is -2.19. The van der Waals surface area contributed by atoms with Crippen LogP contribution in [0.15, 0.2) is 0 Å². The molecule has 1 aromatic rings. The van der Waals surface area contributed by atoms with Crippen LogP contribution in [0.4, 0.5) is 5.82 Å². The molecule has 1 aromatic heterocycles. The molecule has 6 nitrogen and oxygen atoms in total. The van der Waals surface area contributed by atoms with Crippen LogP contribution >= 0.6 is 0 Å². The molecule has 1 saturated heterocycles. The van der Waals surface area contributed by atoms with E-state index in [1.807, 2.05) is 18.9 Å². The van der Waals surface area contributed by atoms with Gasteiger partial charge in [0.2, 0.25) is 0 Å². The molecule has 0 bridgehead atoms. The van der Waals surface area contributed by atoms with E-state index in [9.17, 15) is 10.2 Å². The Hall–Kier alpha value is -1.11. The van der Waals surface area contributed by atoms with Gasteiger partial charge in [0.15, 0.2) is 0 Å². The first-order valence-corrected chi connectivity index (χ1v) is 5.38. The Balaban J connectivity index is 2.33. The second-order valence-electron chi connectivity index (χ2n) is 4.25. The van der Waals surface area contributed by atoms with Crippen molar-refractivity contribution < 1.29 is 10.2 Å². The maximum Gasteiger partial charge on any atom is 0.131 e. The largest absolute Gasteiger partial charge is 0.389 e. The minimum Gasteiger partial charge on any atom is -0.389 e. The van der Waals surface area contributed by atoms with Crippen LogP contribution in [0.5, 0.6) is 0 Å². The topological polar surface area (TPSA) is 87.5 Å². The molecule has 4 N–H and O–H groups in total. The van der Waals surface area contributed by atoms with Crippen LogP contribution in [0, 0.1) is 6.92 Å². The minimum absolute atomic E-state index is 0.414. The summed E-state index contributed by atoms with van der Waals surface area (Å²) < 4.78 is 1.75. The second-order valence-corrected chi connectivity index (χ2v) is 4.25. The van der Waals surface area contributed by atoms with Gasteiger partial charge in [-0.3, -0.25) is 4.68 Å². The molecule has 6 heteroatoms. The lowest BCUT2D eigenvalue weighted by Crippen LogP contribution is -2.25. The molecule has 0 radical (unpaired) electrons. The summed E-state index contributed by atoms with van der Waals surface area (Å²) in [6.07, 6.45) is -1.39. The summed E-state index contributed by atoms with van der Waals surface area (Å²) in [7, 11) is 1.85. The quantitative estimate of drug-likeness (QED) is 0.585. The number of aromatic nitrogens is 2. The maximum atomic E-state index is 9.54. The van der Waals surface area contributed by atoms with E-state index < -0.39 is 12.2 Å². The third-order valence-corrected chi connectivity index (χ3v) is 3.08. The van der Waals surface area contributed by atoms with E-state index in [0.717, 1.165) is 17.1 Å². The monoisotopic (exact) mass is 226 g/mol. The summed E-state index contributed by atoms with van der Waals surface area (Å²) in [6.45, 7) is 3.17. The van der Waals surface area contributed by atoms with Crippen molar-refractivity contribution in [3.8, 4) is 0 Å². The highest BCUT2D eigenvalue weighted by molar-refractivity contribution is 5.51. The lowest BCUT2D eigenvalue weighted by molar-refractivity contribution is 0.0572. The highest BCUT2D eigenvalue weighted by Crippen LogP contribution is 2.26. The molecule has 1 aliphatic rings. The Bertz CT molecular complexity index is 380. The zero-order chi connectivity index (χ0) is 11.9. The Labute approximate surface area is 94.3 Å². The molecule has 2 unspecified atom stereocenters. The Morgan fingerprint density at radius 2 is 1.94 bits per heavy atom. The van der Waals surface area contributed by atoms with Gasteiger partial charge in [0.25, 0.3) is 0 Å². The minimum atomic E-state index is -0.694. The molecular weight excluding hydrogens is 208 g/mol. The molecule has 0 amide bonds. The summed E-state index contributed by atoms with van der Waals surface area (Å²) in [5.74, 6) is 0.899. The van der Waals surface area contributed by atoms with Crippen molar-refractivity contribution in [3.63, 3.8) is 0 Å². The van der Waals surface area contributed by atoms with Crippen molar-refractivity contribution in [2.45, 2.75) is 25.7 Å². The van der Waals surface area contributed by atoms with Gasteiger partial charge in [-0.05, 0) is 6.92 Å². The van der Waals surface area contributed by atoms with Crippen LogP contribution in [0.1, 0.15) is 11.3 Å². The number of rotatable bonds is 2. The molecule has 1 aliphatic heterocycles. The van der Waals surface area contributed by atoms with Crippen LogP contribution in [0.25, 0.3) is 0 Å². The number of nitrogens with zero attached hydrogens (tertiary/aromatic N) is 3. The fourth-order valence-electron chi connectivity index (χ4n) is 2.27. The molecule has 16 heavy (non-hydrogen) atoms. The average molecular weight is 226 g/mol. The predicted octanol–water partition coefficient (Wildman–Crippen LogP) is -1.27. The Morgan fingerprint density at radius 3 is 2.44 bits per heavy atom. The van der Waals surface area contributed by atoms with Gasteiger partial charge in [0.05, 0.1) is 17.9 Å². The molecule has 0 aromatic carbocycles. The van der Waals surface area contributed by atoms with E-state index in [-0.39, 0.29) is 0 Å². The molecule has 0 aliphatic carbocycles. The van der Waals surface area contributed by atoms with E-state index in [0.29, 0.717) is 19.6 Å². The number of anilines is 1. The van der Waals surface area contributed by atoms with E-state index in [1.54, 1.807) is 4.68 Å². The number of hydrogen-bond acceptors (Lipinski definition) is 5. The van der Waals surface area contributed by atoms with Gasteiger partial charge in [-0.2, -0.15) is 5.10 Å². The van der Waals surface area contributed by atoms with Crippen molar-refractivity contribution in [2.24, 2.45) is 12.8 Å². The fourth-order valence-corrected chi connectivity index (χ4v) is 2.27. The summed E-state index contributed by atoms with van der Waals surface area (Å²) >= 11 is 0.